The van der Waals surface area contributed by atoms with E-state index < -0.39 is 17.3 Å². The maximum atomic E-state index is 12.2. The van der Waals surface area contributed by atoms with Gasteiger partial charge in [-0.15, -0.1) is 0 Å². The van der Waals surface area contributed by atoms with Crippen LogP contribution in [0.5, 0.6) is 0 Å². The fourth-order valence-corrected chi connectivity index (χ4v) is 2.22. The van der Waals surface area contributed by atoms with Crippen molar-refractivity contribution >= 4 is 33.8 Å². The predicted octanol–water partition coefficient (Wildman–Crippen LogP) is 3.75. The first-order valence-electron chi connectivity index (χ1n) is 6.14. The van der Waals surface area contributed by atoms with Crippen LogP contribution in [0.4, 0.5) is 0 Å². The summed E-state index contributed by atoms with van der Waals surface area (Å²) in [7, 11) is 1.47. The Hall–Kier alpha value is -0.560. The smallest absolute Gasteiger partial charge is 0.354 e. The molecule has 0 radical (unpaired) electrons. The van der Waals surface area contributed by atoms with Gasteiger partial charge in [0.05, 0.1) is 0 Å². The highest BCUT2D eigenvalue weighted by Gasteiger charge is 2.37. The topological polar surface area (TPSA) is 47.6 Å². The second-order valence-electron chi connectivity index (χ2n) is 5.40. The third-order valence-corrected chi connectivity index (χ3v) is 3.90. The van der Waals surface area contributed by atoms with Crippen molar-refractivity contribution in [3.05, 3.63) is 28.7 Å². The summed E-state index contributed by atoms with van der Waals surface area (Å²) in [4.78, 5) is 13.1. The molecule has 6 heteroatoms. The number of nitrogens with one attached hydrogen (secondary N) is 1. The molecular weight excluding hydrogens is 342 g/mol. The van der Waals surface area contributed by atoms with Crippen LogP contribution < -0.4 is 4.72 Å². The fraction of sp³-hybridized carbons (Fsp3) is 0.500. The Morgan fingerprint density at radius 2 is 1.75 bits per heavy atom. The van der Waals surface area contributed by atoms with Gasteiger partial charge in [0.25, 0.3) is 0 Å². The Morgan fingerprint density at radius 3 is 2.20 bits per heavy atom. The molecular formula is C14H20BrNO3S. The van der Waals surface area contributed by atoms with Crippen molar-refractivity contribution in [2.75, 3.05) is 7.11 Å². The summed E-state index contributed by atoms with van der Waals surface area (Å²) in [6, 6.07) is 7.74. The summed E-state index contributed by atoms with van der Waals surface area (Å²) >= 11 is 4.70. The zero-order valence-electron chi connectivity index (χ0n) is 12.3. The molecule has 20 heavy (non-hydrogen) atoms. The number of hydrogen-bond donors (Lipinski definition) is 1. The average Bonchev–Trinajstić information content (AvgIpc) is 2.35. The van der Waals surface area contributed by atoms with Crippen LogP contribution in [-0.4, -0.2) is 24.4 Å². The van der Waals surface area contributed by atoms with Gasteiger partial charge in [0.1, 0.15) is 5.60 Å². The minimum atomic E-state index is -1.20. The number of halogens is 1. The predicted molar refractivity (Wildman–Crippen MR) is 84.4 cm³/mol. The van der Waals surface area contributed by atoms with E-state index in [0.717, 1.165) is 9.37 Å². The lowest BCUT2D eigenvalue weighted by molar-refractivity contribution is -0.179. The summed E-state index contributed by atoms with van der Waals surface area (Å²) in [5.74, 6) is -0.447. The Bertz CT molecular complexity index is 458. The highest BCUT2D eigenvalue weighted by Crippen LogP contribution is 2.23. The monoisotopic (exact) mass is 361 g/mol. The summed E-state index contributed by atoms with van der Waals surface area (Å²) in [6.07, 6.45) is 0. The van der Waals surface area contributed by atoms with Crippen LogP contribution in [0.2, 0.25) is 0 Å². The number of carbonyl (C=O) groups excluding carboxylic acids is 1. The molecule has 0 aliphatic rings. The van der Waals surface area contributed by atoms with Gasteiger partial charge in [0.2, 0.25) is 5.72 Å². The molecule has 0 aliphatic carbocycles. The van der Waals surface area contributed by atoms with Crippen molar-refractivity contribution in [1.29, 1.82) is 0 Å². The summed E-state index contributed by atoms with van der Waals surface area (Å²) in [6.45, 7) is 7.11. The number of rotatable bonds is 5. The summed E-state index contributed by atoms with van der Waals surface area (Å²) in [5.41, 5.74) is -1.76. The molecule has 0 aromatic heterocycles. The van der Waals surface area contributed by atoms with Crippen molar-refractivity contribution in [3.8, 4) is 0 Å². The molecule has 0 fully saturated rings. The first kappa shape index (κ1) is 17.5. The molecule has 1 N–H and O–H groups in total. The van der Waals surface area contributed by atoms with Crippen molar-refractivity contribution in [3.63, 3.8) is 0 Å². The summed E-state index contributed by atoms with van der Waals surface area (Å²) in [5, 5.41) is 0. The van der Waals surface area contributed by atoms with E-state index in [9.17, 15) is 4.79 Å². The van der Waals surface area contributed by atoms with E-state index in [0.29, 0.717) is 0 Å². The Kier molecular flexibility index (Phi) is 6.06. The maximum absolute atomic E-state index is 12.2. The largest absolute Gasteiger partial charge is 0.457 e. The molecule has 0 heterocycles. The van der Waals surface area contributed by atoms with Gasteiger partial charge in [-0.2, -0.15) is 0 Å². The maximum Gasteiger partial charge on any atom is 0.354 e. The molecule has 0 saturated heterocycles. The van der Waals surface area contributed by atoms with Crippen LogP contribution >= 0.6 is 27.9 Å². The molecule has 0 spiro atoms. The molecule has 0 aliphatic heterocycles. The van der Waals surface area contributed by atoms with Crippen molar-refractivity contribution in [2.45, 2.75) is 43.9 Å². The minimum absolute atomic E-state index is 0.447. The SMILES string of the molecule is COC(C)(NSc1ccc(Br)cc1)C(=O)OC(C)(C)C. The van der Waals surface area contributed by atoms with Crippen molar-refractivity contribution < 1.29 is 14.3 Å². The Balaban J connectivity index is 2.69. The van der Waals surface area contributed by atoms with Crippen molar-refractivity contribution in [1.82, 2.24) is 4.72 Å². The molecule has 1 atom stereocenters. The zero-order chi connectivity index (χ0) is 15.4. The van der Waals surface area contributed by atoms with Gasteiger partial charge in [-0.1, -0.05) is 15.9 Å². The van der Waals surface area contributed by atoms with Crippen LogP contribution in [0.25, 0.3) is 0 Å². The normalized spacial score (nSPS) is 14.7. The van der Waals surface area contributed by atoms with E-state index in [1.165, 1.54) is 19.1 Å². The number of methoxy groups -OCH3 is 1. The zero-order valence-corrected chi connectivity index (χ0v) is 14.7. The third kappa shape index (κ3) is 5.44. The number of benzene rings is 1. The average molecular weight is 362 g/mol. The highest BCUT2D eigenvalue weighted by molar-refractivity contribution is 9.10. The molecule has 1 rings (SSSR count). The van der Waals surface area contributed by atoms with E-state index in [4.69, 9.17) is 9.47 Å². The third-order valence-electron chi connectivity index (χ3n) is 2.37. The molecule has 1 unspecified atom stereocenters. The van der Waals surface area contributed by atoms with Crippen LogP contribution in [0.15, 0.2) is 33.6 Å². The molecule has 0 amide bonds. The standard InChI is InChI=1S/C14H20BrNO3S/c1-13(2,3)19-12(17)14(4,18-5)16-20-11-8-6-10(15)7-9-11/h6-9,16H,1-5H3. The molecule has 4 nitrogen and oxygen atoms in total. The highest BCUT2D eigenvalue weighted by atomic mass is 79.9. The van der Waals surface area contributed by atoms with E-state index in [2.05, 4.69) is 20.7 Å². The van der Waals surface area contributed by atoms with Crippen LogP contribution in [0, 0.1) is 0 Å². The van der Waals surface area contributed by atoms with Crippen molar-refractivity contribution in [2.24, 2.45) is 0 Å². The number of hydrogen-bond acceptors (Lipinski definition) is 5. The fourth-order valence-electron chi connectivity index (χ4n) is 1.20. The van der Waals surface area contributed by atoms with Gasteiger partial charge in [-0.3, -0.25) is 0 Å². The van der Waals surface area contributed by atoms with Gasteiger partial charge in [0, 0.05) is 16.5 Å². The number of ether oxygens (including phenoxy) is 2. The van der Waals surface area contributed by atoms with Gasteiger partial charge in [-0.05, 0) is 63.9 Å². The molecule has 1 aromatic carbocycles. The Labute approximate surface area is 132 Å². The second-order valence-corrected chi connectivity index (χ2v) is 7.19. The van der Waals surface area contributed by atoms with Crippen LogP contribution in [0.1, 0.15) is 27.7 Å². The minimum Gasteiger partial charge on any atom is -0.457 e. The van der Waals surface area contributed by atoms with Gasteiger partial charge in [-0.25, -0.2) is 9.52 Å². The molecule has 112 valence electrons. The van der Waals surface area contributed by atoms with E-state index >= 15 is 0 Å². The van der Waals surface area contributed by atoms with E-state index in [-0.39, 0.29) is 0 Å². The quantitative estimate of drug-likeness (QED) is 0.491. The summed E-state index contributed by atoms with van der Waals surface area (Å²) < 4.78 is 14.6. The van der Waals surface area contributed by atoms with E-state index in [1.807, 2.05) is 45.0 Å². The van der Waals surface area contributed by atoms with Gasteiger partial charge < -0.3 is 9.47 Å². The molecule has 0 bridgehead atoms. The second kappa shape index (κ2) is 6.93. The first-order valence-corrected chi connectivity index (χ1v) is 7.75. The Morgan fingerprint density at radius 1 is 1.20 bits per heavy atom. The van der Waals surface area contributed by atoms with Gasteiger partial charge in [0.15, 0.2) is 0 Å². The van der Waals surface area contributed by atoms with Gasteiger partial charge >= 0.3 is 5.97 Å². The lowest BCUT2D eigenvalue weighted by Gasteiger charge is -2.30. The van der Waals surface area contributed by atoms with Crippen LogP contribution in [-0.2, 0) is 14.3 Å². The molecule has 1 aromatic rings. The van der Waals surface area contributed by atoms with E-state index in [1.54, 1.807) is 6.92 Å². The molecule has 0 saturated carbocycles. The van der Waals surface area contributed by atoms with Crippen LogP contribution in [0.3, 0.4) is 0 Å². The first-order chi connectivity index (χ1) is 9.16. The lowest BCUT2D eigenvalue weighted by Crippen LogP contribution is -2.50. The number of carbonyl (C=O) groups is 1. The number of esters is 1. The lowest BCUT2D eigenvalue weighted by atomic mass is 10.2.